The highest BCUT2D eigenvalue weighted by atomic mass is 32.2. The normalized spacial score (nSPS) is 16.6. The van der Waals surface area contributed by atoms with Crippen LogP contribution in [0, 0.1) is 6.92 Å². The van der Waals surface area contributed by atoms with E-state index in [0.717, 1.165) is 6.42 Å². The number of carbonyl (C=O) groups excluding carboxylic acids is 2. The van der Waals surface area contributed by atoms with Crippen molar-refractivity contribution in [3.05, 3.63) is 29.3 Å². The van der Waals surface area contributed by atoms with E-state index in [1.54, 1.807) is 13.0 Å². The van der Waals surface area contributed by atoms with Gasteiger partial charge in [-0.3, -0.25) is 4.79 Å². The number of nitrogens with zero attached hydrogens (tertiary/aromatic N) is 1. The van der Waals surface area contributed by atoms with Gasteiger partial charge >= 0.3 is 5.97 Å². The van der Waals surface area contributed by atoms with Crippen LogP contribution in [-0.4, -0.2) is 63.6 Å². The molecule has 1 heterocycles. The molecule has 0 aliphatic carbocycles. The second kappa shape index (κ2) is 9.29. The van der Waals surface area contributed by atoms with E-state index in [0.29, 0.717) is 18.8 Å². The lowest BCUT2D eigenvalue weighted by molar-refractivity contribution is -0.124. The number of hydrogen-bond donors (Lipinski definition) is 1. The lowest BCUT2D eigenvalue weighted by Gasteiger charge is -2.26. The molecule has 0 saturated carbocycles. The van der Waals surface area contributed by atoms with Gasteiger partial charge < -0.3 is 14.8 Å². The van der Waals surface area contributed by atoms with Crippen molar-refractivity contribution in [3.8, 4) is 0 Å². The molecule has 1 fully saturated rings. The summed E-state index contributed by atoms with van der Waals surface area (Å²) in [5.74, 6) is -1.14. The number of amides is 1. The Hall–Kier alpha value is -1.97. The van der Waals surface area contributed by atoms with Crippen LogP contribution < -0.4 is 5.32 Å². The molecule has 0 spiro atoms. The Kier molecular flexibility index (Phi) is 7.34. The fourth-order valence-electron chi connectivity index (χ4n) is 2.56. The first kappa shape index (κ1) is 21.3. The molecule has 0 radical (unpaired) electrons. The van der Waals surface area contributed by atoms with E-state index in [-0.39, 0.29) is 29.6 Å². The molecule has 1 N–H and O–H groups in total. The Morgan fingerprint density at radius 1 is 1.30 bits per heavy atom. The van der Waals surface area contributed by atoms with Gasteiger partial charge in [0, 0.05) is 19.1 Å². The second-order valence-corrected chi connectivity index (χ2v) is 8.36. The van der Waals surface area contributed by atoms with Crippen molar-refractivity contribution in [1.29, 1.82) is 0 Å². The van der Waals surface area contributed by atoms with Gasteiger partial charge in [0.15, 0.2) is 6.61 Å². The summed E-state index contributed by atoms with van der Waals surface area (Å²) in [6.07, 6.45) is 0.764. The number of esters is 1. The van der Waals surface area contributed by atoms with Crippen molar-refractivity contribution >= 4 is 21.9 Å². The van der Waals surface area contributed by atoms with E-state index < -0.39 is 28.5 Å². The standard InChI is InChI=1S/C18H26N2O6S/c1-4-14(3)19-17(21)12-26-18(22)15-6-5-13(2)16(11-15)27(23,24)20-7-9-25-10-8-20/h5-6,11,14H,4,7-10,12H2,1-3H3,(H,19,21)/t14-/m0/s1. The van der Waals surface area contributed by atoms with E-state index in [1.165, 1.54) is 16.4 Å². The van der Waals surface area contributed by atoms with Gasteiger partial charge in [0.25, 0.3) is 5.91 Å². The molecule has 1 amide bonds. The molecule has 1 aliphatic rings. The van der Waals surface area contributed by atoms with Gasteiger partial charge in [-0.25, -0.2) is 13.2 Å². The van der Waals surface area contributed by atoms with Gasteiger partial charge in [0.05, 0.1) is 23.7 Å². The van der Waals surface area contributed by atoms with Gasteiger partial charge in [-0.05, 0) is 38.0 Å². The maximum atomic E-state index is 12.9. The fraction of sp³-hybridized carbons (Fsp3) is 0.556. The predicted octanol–water partition coefficient (Wildman–Crippen LogP) is 1.09. The van der Waals surface area contributed by atoms with Crippen LogP contribution >= 0.6 is 0 Å². The molecule has 8 nitrogen and oxygen atoms in total. The van der Waals surface area contributed by atoms with Crippen molar-refractivity contribution in [2.45, 2.75) is 38.1 Å². The summed E-state index contributed by atoms with van der Waals surface area (Å²) in [5, 5.41) is 2.69. The summed E-state index contributed by atoms with van der Waals surface area (Å²) in [6, 6.07) is 4.33. The van der Waals surface area contributed by atoms with Crippen LogP contribution in [0.25, 0.3) is 0 Å². The highest BCUT2D eigenvalue weighted by Gasteiger charge is 2.28. The number of sulfonamides is 1. The summed E-state index contributed by atoms with van der Waals surface area (Å²) in [7, 11) is -3.73. The SMILES string of the molecule is CC[C@H](C)NC(=O)COC(=O)c1ccc(C)c(S(=O)(=O)N2CCOCC2)c1. The maximum absolute atomic E-state index is 12.9. The number of hydrogen-bond acceptors (Lipinski definition) is 6. The third-order valence-electron chi connectivity index (χ3n) is 4.37. The molecular formula is C18H26N2O6S. The van der Waals surface area contributed by atoms with Gasteiger partial charge in [-0.1, -0.05) is 13.0 Å². The number of morpholine rings is 1. The van der Waals surface area contributed by atoms with Gasteiger partial charge in [0.2, 0.25) is 10.0 Å². The molecule has 0 bridgehead atoms. The van der Waals surface area contributed by atoms with Crippen LogP contribution in [-0.2, 0) is 24.3 Å². The largest absolute Gasteiger partial charge is 0.452 e. The topological polar surface area (TPSA) is 102 Å². The molecule has 2 rings (SSSR count). The monoisotopic (exact) mass is 398 g/mol. The Morgan fingerprint density at radius 3 is 2.59 bits per heavy atom. The summed E-state index contributed by atoms with van der Waals surface area (Å²) < 4.78 is 37.3. The lowest BCUT2D eigenvalue weighted by atomic mass is 10.1. The third kappa shape index (κ3) is 5.50. The second-order valence-electron chi connectivity index (χ2n) is 6.45. The fourth-order valence-corrected chi connectivity index (χ4v) is 4.22. The average molecular weight is 398 g/mol. The predicted molar refractivity (Wildman–Crippen MR) is 98.9 cm³/mol. The average Bonchev–Trinajstić information content (AvgIpc) is 2.66. The smallest absolute Gasteiger partial charge is 0.338 e. The summed E-state index contributed by atoms with van der Waals surface area (Å²) in [4.78, 5) is 24.0. The van der Waals surface area contributed by atoms with Crippen LogP contribution in [0.3, 0.4) is 0 Å². The number of ether oxygens (including phenoxy) is 2. The van der Waals surface area contributed by atoms with Crippen molar-refractivity contribution in [1.82, 2.24) is 9.62 Å². The van der Waals surface area contributed by atoms with E-state index in [4.69, 9.17) is 9.47 Å². The molecule has 1 saturated heterocycles. The quantitative estimate of drug-likeness (QED) is 0.690. The molecule has 150 valence electrons. The Bertz CT molecular complexity index is 787. The minimum absolute atomic E-state index is 0.0131. The van der Waals surface area contributed by atoms with Crippen molar-refractivity contribution < 1.29 is 27.5 Å². The van der Waals surface area contributed by atoms with Crippen molar-refractivity contribution in [2.75, 3.05) is 32.9 Å². The van der Waals surface area contributed by atoms with Crippen LogP contribution in [0.15, 0.2) is 23.1 Å². The summed E-state index contributed by atoms with van der Waals surface area (Å²) >= 11 is 0. The molecule has 1 aromatic rings. The molecule has 1 aliphatic heterocycles. The molecule has 0 aromatic heterocycles. The van der Waals surface area contributed by atoms with Gasteiger partial charge in [-0.2, -0.15) is 4.31 Å². The van der Waals surface area contributed by atoms with Gasteiger partial charge in [-0.15, -0.1) is 0 Å². The molecule has 27 heavy (non-hydrogen) atoms. The number of carbonyl (C=O) groups is 2. The first-order chi connectivity index (χ1) is 12.8. The summed E-state index contributed by atoms with van der Waals surface area (Å²) in [6.45, 7) is 6.25. The van der Waals surface area contributed by atoms with Crippen LogP contribution in [0.1, 0.15) is 36.2 Å². The van der Waals surface area contributed by atoms with Crippen LogP contribution in [0.4, 0.5) is 0 Å². The zero-order valence-electron chi connectivity index (χ0n) is 15.9. The molecule has 0 unspecified atom stereocenters. The van der Waals surface area contributed by atoms with Crippen LogP contribution in [0.5, 0.6) is 0 Å². The Morgan fingerprint density at radius 2 is 1.96 bits per heavy atom. The minimum atomic E-state index is -3.73. The van der Waals surface area contributed by atoms with E-state index >= 15 is 0 Å². The van der Waals surface area contributed by atoms with E-state index in [9.17, 15) is 18.0 Å². The zero-order valence-corrected chi connectivity index (χ0v) is 16.7. The summed E-state index contributed by atoms with van der Waals surface area (Å²) in [5.41, 5.74) is 0.622. The Balaban J connectivity index is 2.12. The van der Waals surface area contributed by atoms with Crippen LogP contribution in [0.2, 0.25) is 0 Å². The number of nitrogens with one attached hydrogen (secondary N) is 1. The minimum Gasteiger partial charge on any atom is -0.452 e. The molecular weight excluding hydrogens is 372 g/mol. The number of benzene rings is 1. The molecule has 1 atom stereocenters. The first-order valence-electron chi connectivity index (χ1n) is 8.90. The Labute approximate surface area is 159 Å². The number of aryl methyl sites for hydroxylation is 1. The maximum Gasteiger partial charge on any atom is 0.338 e. The third-order valence-corrected chi connectivity index (χ3v) is 6.41. The highest BCUT2D eigenvalue weighted by molar-refractivity contribution is 7.89. The molecule has 9 heteroatoms. The first-order valence-corrected chi connectivity index (χ1v) is 10.3. The molecule has 1 aromatic carbocycles. The van der Waals surface area contributed by atoms with E-state index in [1.807, 2.05) is 13.8 Å². The zero-order chi connectivity index (χ0) is 20.0. The van der Waals surface area contributed by atoms with Gasteiger partial charge in [0.1, 0.15) is 0 Å². The van der Waals surface area contributed by atoms with E-state index in [2.05, 4.69) is 5.32 Å². The highest BCUT2D eigenvalue weighted by Crippen LogP contribution is 2.22. The number of rotatable bonds is 7. The van der Waals surface area contributed by atoms with Crippen molar-refractivity contribution in [3.63, 3.8) is 0 Å². The lowest BCUT2D eigenvalue weighted by Crippen LogP contribution is -2.40. The van der Waals surface area contributed by atoms with Crippen molar-refractivity contribution in [2.24, 2.45) is 0 Å².